The highest BCUT2D eigenvalue weighted by atomic mass is 16.6. The van der Waals surface area contributed by atoms with Crippen molar-refractivity contribution in [3.05, 3.63) is 12.2 Å². The standard InChI is InChI=1S/C12H19NO4/c1-11(2,3)17-10(15)13-12(7-14)6-8-4-5-9(12)16-8/h4-5,8-9,14H,6-7H2,1-3H3,(H,13,15). The number of carbonyl (C=O) groups excluding carboxylic acids is 1. The number of aliphatic hydroxyl groups excluding tert-OH is 1. The van der Waals surface area contributed by atoms with Crippen LogP contribution in [0.3, 0.4) is 0 Å². The number of alkyl carbamates (subject to hydrolysis) is 1. The van der Waals surface area contributed by atoms with Gasteiger partial charge < -0.3 is 19.9 Å². The van der Waals surface area contributed by atoms with Gasteiger partial charge in [0, 0.05) is 6.42 Å². The summed E-state index contributed by atoms with van der Waals surface area (Å²) < 4.78 is 10.8. The quantitative estimate of drug-likeness (QED) is 0.707. The van der Waals surface area contributed by atoms with E-state index in [9.17, 15) is 9.90 Å². The number of rotatable bonds is 2. The van der Waals surface area contributed by atoms with Crippen LogP contribution >= 0.6 is 0 Å². The molecule has 2 rings (SSSR count). The van der Waals surface area contributed by atoms with Crippen LogP contribution < -0.4 is 5.32 Å². The third-order valence-electron chi connectivity index (χ3n) is 2.96. The lowest BCUT2D eigenvalue weighted by Gasteiger charge is -2.33. The average Bonchev–Trinajstić information content (AvgIpc) is 2.74. The summed E-state index contributed by atoms with van der Waals surface area (Å²) in [4.78, 5) is 11.7. The van der Waals surface area contributed by atoms with E-state index in [2.05, 4.69) is 5.32 Å². The van der Waals surface area contributed by atoms with Gasteiger partial charge in [0.15, 0.2) is 0 Å². The minimum Gasteiger partial charge on any atom is -0.444 e. The van der Waals surface area contributed by atoms with E-state index in [0.29, 0.717) is 6.42 Å². The number of fused-ring (bicyclic) bond motifs is 2. The van der Waals surface area contributed by atoms with Crippen molar-refractivity contribution < 1.29 is 19.4 Å². The van der Waals surface area contributed by atoms with Gasteiger partial charge in [0.05, 0.1) is 18.2 Å². The van der Waals surface area contributed by atoms with Gasteiger partial charge in [-0.3, -0.25) is 0 Å². The van der Waals surface area contributed by atoms with Gasteiger partial charge in [-0.15, -0.1) is 0 Å². The van der Waals surface area contributed by atoms with Gasteiger partial charge in [0.25, 0.3) is 0 Å². The molecule has 0 spiro atoms. The zero-order valence-corrected chi connectivity index (χ0v) is 10.4. The first kappa shape index (κ1) is 12.4. The van der Waals surface area contributed by atoms with Crippen LogP contribution in [0.25, 0.3) is 0 Å². The fourth-order valence-corrected chi connectivity index (χ4v) is 2.23. The van der Waals surface area contributed by atoms with Crippen LogP contribution in [0, 0.1) is 0 Å². The zero-order valence-electron chi connectivity index (χ0n) is 10.4. The minimum absolute atomic E-state index is 0.0120. The van der Waals surface area contributed by atoms with E-state index in [1.807, 2.05) is 12.2 Å². The highest BCUT2D eigenvalue weighted by Gasteiger charge is 2.51. The largest absolute Gasteiger partial charge is 0.444 e. The van der Waals surface area contributed by atoms with E-state index in [4.69, 9.17) is 9.47 Å². The van der Waals surface area contributed by atoms with E-state index in [0.717, 1.165) is 0 Å². The first-order valence-corrected chi connectivity index (χ1v) is 5.80. The lowest BCUT2D eigenvalue weighted by molar-refractivity contribution is 0.0282. The van der Waals surface area contributed by atoms with Crippen molar-refractivity contribution in [1.82, 2.24) is 5.32 Å². The maximum Gasteiger partial charge on any atom is 0.408 e. The van der Waals surface area contributed by atoms with Crippen LogP contribution in [-0.2, 0) is 9.47 Å². The minimum atomic E-state index is -0.734. The lowest BCUT2D eigenvalue weighted by Crippen LogP contribution is -2.57. The molecule has 3 unspecified atom stereocenters. The number of amides is 1. The highest BCUT2D eigenvalue weighted by Crippen LogP contribution is 2.37. The van der Waals surface area contributed by atoms with Crippen LogP contribution in [0.5, 0.6) is 0 Å². The third-order valence-corrected chi connectivity index (χ3v) is 2.96. The normalized spacial score (nSPS) is 35.1. The Morgan fingerprint density at radius 1 is 1.59 bits per heavy atom. The number of aliphatic hydroxyl groups is 1. The number of hydrogen-bond donors (Lipinski definition) is 2. The average molecular weight is 241 g/mol. The molecule has 5 heteroatoms. The molecule has 2 bridgehead atoms. The topological polar surface area (TPSA) is 67.8 Å². The Morgan fingerprint density at radius 2 is 2.29 bits per heavy atom. The summed E-state index contributed by atoms with van der Waals surface area (Å²) in [6, 6.07) is 0. The SMILES string of the molecule is CC(C)(C)OC(=O)NC1(CO)CC2C=CC1O2. The van der Waals surface area contributed by atoms with E-state index in [-0.39, 0.29) is 18.8 Å². The second-order valence-corrected chi connectivity index (χ2v) is 5.63. The Morgan fingerprint density at radius 3 is 2.71 bits per heavy atom. The van der Waals surface area contributed by atoms with Crippen molar-refractivity contribution in [3.8, 4) is 0 Å². The Kier molecular flexibility index (Phi) is 2.91. The van der Waals surface area contributed by atoms with E-state index in [1.54, 1.807) is 20.8 Å². The second kappa shape index (κ2) is 3.99. The van der Waals surface area contributed by atoms with Gasteiger partial charge in [0.1, 0.15) is 11.7 Å². The molecule has 1 amide bonds. The Labute approximate surface area is 101 Å². The first-order valence-electron chi connectivity index (χ1n) is 5.80. The van der Waals surface area contributed by atoms with Gasteiger partial charge in [-0.05, 0) is 20.8 Å². The molecule has 1 saturated heterocycles. The van der Waals surface area contributed by atoms with Gasteiger partial charge in [0.2, 0.25) is 0 Å². The van der Waals surface area contributed by atoms with Crippen molar-refractivity contribution in [2.75, 3.05) is 6.61 Å². The van der Waals surface area contributed by atoms with Gasteiger partial charge in [-0.25, -0.2) is 4.79 Å². The van der Waals surface area contributed by atoms with Crippen molar-refractivity contribution >= 4 is 6.09 Å². The molecule has 2 heterocycles. The summed E-state index contributed by atoms with van der Waals surface area (Å²) in [6.07, 6.45) is 3.63. The van der Waals surface area contributed by atoms with Crippen LogP contribution in [0.15, 0.2) is 12.2 Å². The molecular formula is C12H19NO4. The second-order valence-electron chi connectivity index (χ2n) is 5.63. The molecular weight excluding hydrogens is 222 g/mol. The molecule has 2 aliphatic heterocycles. The maximum atomic E-state index is 11.7. The molecule has 2 N–H and O–H groups in total. The third kappa shape index (κ3) is 2.45. The van der Waals surface area contributed by atoms with E-state index >= 15 is 0 Å². The smallest absolute Gasteiger partial charge is 0.408 e. The Bertz CT molecular complexity index is 347. The summed E-state index contributed by atoms with van der Waals surface area (Å²) >= 11 is 0. The number of hydrogen-bond acceptors (Lipinski definition) is 4. The predicted molar refractivity (Wildman–Crippen MR) is 61.6 cm³/mol. The summed E-state index contributed by atoms with van der Waals surface area (Å²) in [5.74, 6) is 0. The fraction of sp³-hybridized carbons (Fsp3) is 0.750. The highest BCUT2D eigenvalue weighted by molar-refractivity contribution is 5.69. The first-order chi connectivity index (χ1) is 7.85. The molecule has 0 aromatic rings. The monoisotopic (exact) mass is 241 g/mol. The van der Waals surface area contributed by atoms with Crippen LogP contribution in [0.2, 0.25) is 0 Å². The van der Waals surface area contributed by atoms with E-state index in [1.165, 1.54) is 0 Å². The van der Waals surface area contributed by atoms with Gasteiger partial charge >= 0.3 is 6.09 Å². The van der Waals surface area contributed by atoms with Crippen LogP contribution in [0.4, 0.5) is 4.79 Å². The molecule has 3 atom stereocenters. The number of nitrogens with one attached hydrogen (secondary N) is 1. The molecule has 1 fully saturated rings. The Balaban J connectivity index is 2.02. The maximum absolute atomic E-state index is 11.7. The summed E-state index contributed by atoms with van der Waals surface area (Å²) in [5.41, 5.74) is -1.28. The van der Waals surface area contributed by atoms with Crippen LogP contribution in [-0.4, -0.2) is 41.2 Å². The molecule has 0 saturated carbocycles. The molecule has 0 aromatic heterocycles. The predicted octanol–water partition coefficient (Wildman–Crippen LogP) is 0.970. The van der Waals surface area contributed by atoms with Crippen molar-refractivity contribution in [2.24, 2.45) is 0 Å². The van der Waals surface area contributed by atoms with E-state index < -0.39 is 17.2 Å². The van der Waals surface area contributed by atoms with Gasteiger partial charge in [-0.2, -0.15) is 0 Å². The van der Waals surface area contributed by atoms with Crippen molar-refractivity contribution in [1.29, 1.82) is 0 Å². The molecule has 2 aliphatic rings. The Hall–Kier alpha value is -1.07. The molecule has 17 heavy (non-hydrogen) atoms. The summed E-state index contributed by atoms with van der Waals surface area (Å²) in [7, 11) is 0. The van der Waals surface area contributed by atoms with Crippen LogP contribution in [0.1, 0.15) is 27.2 Å². The number of carbonyl (C=O) groups is 1. The van der Waals surface area contributed by atoms with Crippen molar-refractivity contribution in [3.63, 3.8) is 0 Å². The summed E-state index contributed by atoms with van der Waals surface area (Å²) in [5, 5.41) is 12.2. The molecule has 0 aromatic carbocycles. The molecule has 0 radical (unpaired) electrons. The molecule has 5 nitrogen and oxygen atoms in total. The van der Waals surface area contributed by atoms with Gasteiger partial charge in [-0.1, -0.05) is 12.2 Å². The molecule has 96 valence electrons. The summed E-state index contributed by atoms with van der Waals surface area (Å²) in [6.45, 7) is 5.25. The lowest BCUT2D eigenvalue weighted by atomic mass is 9.86. The number of ether oxygens (including phenoxy) is 2. The molecule has 0 aliphatic carbocycles. The zero-order chi connectivity index (χ0) is 12.7. The van der Waals surface area contributed by atoms with Crippen molar-refractivity contribution in [2.45, 2.75) is 50.5 Å². The fourth-order valence-electron chi connectivity index (χ4n) is 2.23.